The largest absolute Gasteiger partial charge is 0.493 e. The maximum absolute atomic E-state index is 12.7. The Labute approximate surface area is 380 Å². The van der Waals surface area contributed by atoms with Crippen molar-refractivity contribution in [1.82, 2.24) is 15.0 Å². The number of pyridine rings is 1. The summed E-state index contributed by atoms with van der Waals surface area (Å²) in [5.41, 5.74) is 7.68. The molecule has 0 fully saturated rings. The maximum Gasteiger partial charge on any atom is 0.255 e. The topological polar surface area (TPSA) is 185 Å². The normalized spacial score (nSPS) is 9.78. The summed E-state index contributed by atoms with van der Waals surface area (Å²) in [5.74, 6) is 1.26. The fraction of sp³-hybridized carbons (Fsp3) is 0.154. The van der Waals surface area contributed by atoms with Crippen LogP contribution in [0.4, 0.5) is 17.1 Å². The first-order valence-corrected chi connectivity index (χ1v) is 19.6. The second kappa shape index (κ2) is 25.2. The number of rotatable bonds is 9. The zero-order valence-electron chi connectivity index (χ0n) is 35.7. The third-order valence-electron chi connectivity index (χ3n) is 9.39. The van der Waals surface area contributed by atoms with Gasteiger partial charge in [-0.25, -0.2) is 9.97 Å². The minimum absolute atomic E-state index is 0. The highest BCUT2D eigenvalue weighted by Crippen LogP contribution is 2.36. The van der Waals surface area contributed by atoms with Crippen molar-refractivity contribution < 1.29 is 34.1 Å². The number of hydrogen-bond donors (Lipinski definition) is 5. The average molecular weight is 877 g/mol. The highest BCUT2D eigenvalue weighted by atomic mass is 16.5. The third kappa shape index (κ3) is 13.3. The number of aryl methyl sites for hydroxylation is 2. The van der Waals surface area contributed by atoms with Crippen molar-refractivity contribution in [2.45, 2.75) is 28.7 Å². The van der Waals surface area contributed by atoms with Crippen LogP contribution in [0.25, 0.3) is 33.1 Å². The van der Waals surface area contributed by atoms with E-state index in [1.54, 1.807) is 62.9 Å². The molecule has 0 aliphatic heterocycles. The summed E-state index contributed by atoms with van der Waals surface area (Å²) in [6.07, 6.45) is 1.70. The van der Waals surface area contributed by atoms with Crippen LogP contribution in [0.2, 0.25) is 0 Å². The van der Waals surface area contributed by atoms with Gasteiger partial charge in [0.25, 0.3) is 17.7 Å². The smallest absolute Gasteiger partial charge is 0.255 e. The van der Waals surface area contributed by atoms with E-state index in [1.165, 1.54) is 0 Å². The average Bonchev–Trinajstić information content (AvgIpc) is 3.33. The van der Waals surface area contributed by atoms with E-state index < -0.39 is 0 Å². The van der Waals surface area contributed by atoms with Crippen LogP contribution in [0.1, 0.15) is 57.3 Å². The van der Waals surface area contributed by atoms with Crippen LogP contribution in [0.15, 0.2) is 152 Å². The molecule has 13 nitrogen and oxygen atoms in total. The Balaban J connectivity index is 0.000000312. The summed E-state index contributed by atoms with van der Waals surface area (Å²) in [6, 6.07) is 44.1. The van der Waals surface area contributed by atoms with E-state index >= 15 is 0 Å². The SMILES string of the molecule is C.C.CO.CO.COc1cc2nc(C)nc(-c3cccc(NC(=O)c4ccccc4)c3)c2cc1OC.Cc1ccc(NC(=O)c2ccc3cccnc3c2)cc1NC(=O)c1ccccc1. The standard InChI is InChI=1S/C24H21N3O3.C24H19N3O2.2CH4O.2CH4/c1-15-25-20-14-22(30-3)21(29-2)13-19(20)23(26-15)17-10-7-11-18(12-17)27-24(28)16-8-5-4-6-9-16;1-16-9-12-20(15-21(16)27-23(28)18-6-3-2-4-7-18)26-24(29)19-11-10-17-8-5-13-25-22(17)14-19;2*1-2;;/h4-14H,1-3H3,(H,27,28);2-15H,1H3,(H,26,29)(H,27,28);2*2H,1H3;2*1H4. The van der Waals surface area contributed by atoms with Crippen LogP contribution in [0.5, 0.6) is 11.5 Å². The molecule has 2 heterocycles. The number of aliphatic hydroxyl groups is 2. The van der Waals surface area contributed by atoms with Gasteiger partial charge in [-0.3, -0.25) is 19.4 Å². The second-order valence-corrected chi connectivity index (χ2v) is 13.5. The maximum atomic E-state index is 12.7. The summed E-state index contributed by atoms with van der Waals surface area (Å²) in [4.78, 5) is 51.1. The van der Waals surface area contributed by atoms with E-state index in [-0.39, 0.29) is 32.6 Å². The number of carbonyl (C=O) groups is 3. The number of carbonyl (C=O) groups excluding carboxylic acids is 3. The number of nitrogens with one attached hydrogen (secondary N) is 3. The molecule has 13 heteroatoms. The summed E-state index contributed by atoms with van der Waals surface area (Å²) >= 11 is 0. The van der Waals surface area contributed by atoms with Gasteiger partial charge in [0.2, 0.25) is 0 Å². The van der Waals surface area contributed by atoms with E-state index in [1.807, 2.05) is 117 Å². The Bertz CT molecular complexity index is 2820. The number of methoxy groups -OCH3 is 2. The zero-order chi connectivity index (χ0) is 45.3. The molecule has 0 spiro atoms. The Morgan fingerprint density at radius 1 is 0.523 bits per heavy atom. The third-order valence-corrected chi connectivity index (χ3v) is 9.39. The van der Waals surface area contributed by atoms with Crippen LogP contribution in [0, 0.1) is 13.8 Å². The van der Waals surface area contributed by atoms with E-state index in [0.717, 1.165) is 52.8 Å². The Hall–Kier alpha value is -8.00. The molecule has 5 N–H and O–H groups in total. The van der Waals surface area contributed by atoms with Crippen molar-refractivity contribution in [3.63, 3.8) is 0 Å². The molecule has 2 aromatic heterocycles. The fourth-order valence-corrected chi connectivity index (χ4v) is 6.36. The molecular weight excluding hydrogens is 821 g/mol. The lowest BCUT2D eigenvalue weighted by Gasteiger charge is -2.13. The number of benzene rings is 6. The lowest BCUT2D eigenvalue weighted by atomic mass is 10.0. The van der Waals surface area contributed by atoms with E-state index in [4.69, 9.17) is 19.7 Å². The van der Waals surface area contributed by atoms with Crippen LogP contribution in [0.3, 0.4) is 0 Å². The highest BCUT2D eigenvalue weighted by Gasteiger charge is 2.15. The lowest BCUT2D eigenvalue weighted by molar-refractivity contribution is 0.101. The van der Waals surface area contributed by atoms with Crippen molar-refractivity contribution in [3.05, 3.63) is 180 Å². The number of hydrogen-bond acceptors (Lipinski definition) is 10. The van der Waals surface area contributed by atoms with Gasteiger partial charge in [-0.1, -0.05) is 81.6 Å². The number of aliphatic hydroxyl groups excluding tert-OH is 2. The van der Waals surface area contributed by atoms with E-state index in [9.17, 15) is 14.4 Å². The van der Waals surface area contributed by atoms with Gasteiger partial charge >= 0.3 is 0 Å². The summed E-state index contributed by atoms with van der Waals surface area (Å²) < 4.78 is 10.9. The predicted molar refractivity (Wildman–Crippen MR) is 262 cm³/mol. The molecule has 0 atom stereocenters. The molecule has 3 amide bonds. The van der Waals surface area contributed by atoms with Crippen LogP contribution in [-0.4, -0.2) is 71.3 Å². The Morgan fingerprint density at radius 2 is 1.11 bits per heavy atom. The number of nitrogens with zero attached hydrogens (tertiary/aromatic N) is 3. The van der Waals surface area contributed by atoms with Gasteiger partial charge < -0.3 is 35.6 Å². The number of amides is 3. The molecule has 336 valence electrons. The molecule has 0 bridgehead atoms. The van der Waals surface area contributed by atoms with Gasteiger partial charge in [-0.15, -0.1) is 0 Å². The molecule has 0 unspecified atom stereocenters. The van der Waals surface area contributed by atoms with Gasteiger partial charge in [0, 0.05) is 76.6 Å². The van der Waals surface area contributed by atoms with Gasteiger partial charge in [-0.05, 0) is 92.2 Å². The van der Waals surface area contributed by atoms with Crippen molar-refractivity contribution in [3.8, 4) is 22.8 Å². The van der Waals surface area contributed by atoms with Gasteiger partial charge in [0.05, 0.1) is 30.9 Å². The molecule has 6 aromatic carbocycles. The molecule has 0 aliphatic carbocycles. The number of aromatic nitrogens is 3. The second-order valence-electron chi connectivity index (χ2n) is 13.5. The van der Waals surface area contributed by atoms with Crippen molar-refractivity contribution in [1.29, 1.82) is 0 Å². The monoisotopic (exact) mass is 876 g/mol. The van der Waals surface area contributed by atoms with E-state index in [2.05, 4.69) is 30.9 Å². The Morgan fingerprint density at radius 3 is 1.74 bits per heavy atom. The zero-order valence-corrected chi connectivity index (χ0v) is 35.7. The van der Waals surface area contributed by atoms with Crippen molar-refractivity contribution >= 4 is 56.6 Å². The van der Waals surface area contributed by atoms with Crippen molar-refractivity contribution in [2.75, 3.05) is 44.4 Å². The van der Waals surface area contributed by atoms with Crippen LogP contribution >= 0.6 is 0 Å². The van der Waals surface area contributed by atoms with Gasteiger partial charge in [-0.2, -0.15) is 0 Å². The molecular formula is C52H56N6O7. The lowest BCUT2D eigenvalue weighted by Crippen LogP contribution is -2.14. The van der Waals surface area contributed by atoms with E-state index in [0.29, 0.717) is 51.1 Å². The number of fused-ring (bicyclic) bond motifs is 2. The molecule has 0 saturated carbocycles. The number of anilines is 3. The fourth-order valence-electron chi connectivity index (χ4n) is 6.36. The summed E-state index contributed by atoms with van der Waals surface area (Å²) in [7, 11) is 5.19. The Kier molecular flexibility index (Phi) is 19.9. The van der Waals surface area contributed by atoms with Gasteiger partial charge in [0.15, 0.2) is 11.5 Å². The molecule has 65 heavy (non-hydrogen) atoms. The first-order chi connectivity index (χ1) is 30.7. The quantitative estimate of drug-likeness (QED) is 0.0935. The molecule has 8 aromatic rings. The molecule has 0 saturated heterocycles. The summed E-state index contributed by atoms with van der Waals surface area (Å²) in [5, 5.41) is 24.5. The predicted octanol–water partition coefficient (Wildman–Crippen LogP) is 10.4. The van der Waals surface area contributed by atoms with Crippen molar-refractivity contribution in [2.24, 2.45) is 0 Å². The molecule has 8 rings (SSSR count). The van der Waals surface area contributed by atoms with Crippen LogP contribution < -0.4 is 25.4 Å². The number of ether oxygens (including phenoxy) is 2. The minimum atomic E-state index is -0.234. The minimum Gasteiger partial charge on any atom is -0.493 e. The van der Waals surface area contributed by atoms with Crippen LogP contribution in [-0.2, 0) is 0 Å². The summed E-state index contributed by atoms with van der Waals surface area (Å²) in [6.45, 7) is 3.75. The van der Waals surface area contributed by atoms with Gasteiger partial charge in [0.1, 0.15) is 5.82 Å². The first-order valence-electron chi connectivity index (χ1n) is 19.6. The first kappa shape index (κ1) is 51.4. The highest BCUT2D eigenvalue weighted by molar-refractivity contribution is 6.08. The molecule has 0 aliphatic rings. The molecule has 0 radical (unpaired) electrons.